The summed E-state index contributed by atoms with van der Waals surface area (Å²) in [5, 5.41) is 6.62. The average molecular weight is 370 g/mol. The van der Waals surface area contributed by atoms with Crippen LogP contribution in [0.5, 0.6) is 0 Å². The lowest BCUT2D eigenvalue weighted by Crippen LogP contribution is -2.45. The van der Waals surface area contributed by atoms with E-state index in [0.29, 0.717) is 26.3 Å². The zero-order chi connectivity index (χ0) is 19.5. The summed E-state index contributed by atoms with van der Waals surface area (Å²) in [4.78, 5) is 4.26. The van der Waals surface area contributed by atoms with E-state index in [1.165, 1.54) is 11.1 Å². The molecule has 0 unspecified atom stereocenters. The van der Waals surface area contributed by atoms with Crippen LogP contribution in [-0.2, 0) is 29.2 Å². The fraction of sp³-hybridized carbons (Fsp3) is 0.409. The molecule has 146 valence electrons. The smallest absolute Gasteiger partial charge is 0.191 e. The van der Waals surface area contributed by atoms with Crippen molar-refractivity contribution in [1.82, 2.24) is 10.6 Å². The van der Waals surface area contributed by atoms with Crippen molar-refractivity contribution in [3.05, 3.63) is 71.3 Å². The van der Waals surface area contributed by atoms with Gasteiger partial charge in [-0.3, -0.25) is 4.99 Å². The third-order valence-electron chi connectivity index (χ3n) is 4.29. The molecule has 0 fully saturated rings. The summed E-state index contributed by atoms with van der Waals surface area (Å²) in [6, 6.07) is 18.6. The number of benzene rings is 2. The van der Waals surface area contributed by atoms with Crippen LogP contribution in [0.15, 0.2) is 59.6 Å². The Kier molecular flexibility index (Phi) is 8.30. The van der Waals surface area contributed by atoms with Gasteiger partial charge in [-0.05, 0) is 30.5 Å². The number of nitrogens with zero attached hydrogens (tertiary/aromatic N) is 1. The summed E-state index contributed by atoms with van der Waals surface area (Å²) < 4.78 is 11.2. The molecule has 5 heteroatoms. The van der Waals surface area contributed by atoms with Crippen molar-refractivity contribution in [2.24, 2.45) is 4.99 Å². The van der Waals surface area contributed by atoms with Crippen molar-refractivity contribution in [1.29, 1.82) is 0 Å². The van der Waals surface area contributed by atoms with Gasteiger partial charge in [0.1, 0.15) is 0 Å². The van der Waals surface area contributed by atoms with Crippen LogP contribution in [0.25, 0.3) is 0 Å². The number of rotatable bonds is 9. The molecule has 2 N–H and O–H groups in total. The molecule has 2 aromatic carbocycles. The van der Waals surface area contributed by atoms with Gasteiger partial charge in [0.05, 0.1) is 18.8 Å². The van der Waals surface area contributed by atoms with Gasteiger partial charge < -0.3 is 20.1 Å². The Labute approximate surface area is 162 Å². The van der Waals surface area contributed by atoms with Crippen LogP contribution in [0.1, 0.15) is 30.5 Å². The van der Waals surface area contributed by atoms with Crippen LogP contribution >= 0.6 is 0 Å². The van der Waals surface area contributed by atoms with Crippen molar-refractivity contribution >= 4 is 5.96 Å². The third kappa shape index (κ3) is 7.81. The van der Waals surface area contributed by atoms with E-state index in [2.05, 4.69) is 52.0 Å². The highest BCUT2D eigenvalue weighted by Gasteiger charge is 2.16. The molecule has 0 aliphatic carbocycles. The topological polar surface area (TPSA) is 54.9 Å². The first-order valence-electron chi connectivity index (χ1n) is 9.21. The third-order valence-corrected chi connectivity index (χ3v) is 4.29. The first-order chi connectivity index (χ1) is 13.0. The Morgan fingerprint density at radius 3 is 2.30 bits per heavy atom. The van der Waals surface area contributed by atoms with Crippen LogP contribution in [-0.4, -0.2) is 32.3 Å². The Morgan fingerprint density at radius 2 is 1.59 bits per heavy atom. The Bertz CT molecular complexity index is 715. The predicted octanol–water partition coefficient (Wildman–Crippen LogP) is 3.49. The minimum atomic E-state index is -0.242. The van der Waals surface area contributed by atoms with Crippen LogP contribution in [0.4, 0.5) is 0 Å². The number of guanidine groups is 1. The molecule has 2 rings (SSSR count). The second-order valence-corrected chi connectivity index (χ2v) is 7.04. The molecule has 0 saturated heterocycles. The SMILES string of the molecule is CN=C(NCc1cccc(COCc2ccccc2)c1)NCC(C)(C)OC. The monoisotopic (exact) mass is 369 g/mol. The normalized spacial score (nSPS) is 12.1. The van der Waals surface area contributed by atoms with Gasteiger partial charge in [0.2, 0.25) is 0 Å². The fourth-order valence-corrected chi connectivity index (χ4v) is 2.47. The van der Waals surface area contributed by atoms with Crippen molar-refractivity contribution in [2.75, 3.05) is 20.7 Å². The largest absolute Gasteiger partial charge is 0.377 e. The molecular weight excluding hydrogens is 338 g/mol. The van der Waals surface area contributed by atoms with E-state index >= 15 is 0 Å². The molecule has 0 saturated carbocycles. The van der Waals surface area contributed by atoms with Gasteiger partial charge in [-0.2, -0.15) is 0 Å². The van der Waals surface area contributed by atoms with E-state index in [0.717, 1.165) is 11.5 Å². The molecule has 0 amide bonds. The lowest BCUT2D eigenvalue weighted by molar-refractivity contribution is 0.0268. The quantitative estimate of drug-likeness (QED) is 0.525. The summed E-state index contributed by atoms with van der Waals surface area (Å²) in [6.45, 7) is 6.65. The first kappa shape index (κ1) is 20.9. The van der Waals surface area contributed by atoms with Crippen molar-refractivity contribution in [3.8, 4) is 0 Å². The molecule has 27 heavy (non-hydrogen) atoms. The number of aliphatic imine (C=N–C) groups is 1. The molecule has 2 aromatic rings. The molecule has 0 aliphatic rings. The van der Waals surface area contributed by atoms with Crippen LogP contribution in [0.2, 0.25) is 0 Å². The average Bonchev–Trinajstić information content (AvgIpc) is 2.69. The van der Waals surface area contributed by atoms with E-state index < -0.39 is 0 Å². The zero-order valence-electron chi connectivity index (χ0n) is 16.8. The summed E-state index contributed by atoms with van der Waals surface area (Å²) in [5.74, 6) is 0.755. The van der Waals surface area contributed by atoms with E-state index in [-0.39, 0.29) is 5.60 Å². The standard InChI is InChI=1S/C22H31N3O2/c1-22(2,26-4)17-25-21(23-3)24-14-19-11-8-12-20(13-19)16-27-15-18-9-6-5-7-10-18/h5-13H,14-17H2,1-4H3,(H2,23,24,25). The highest BCUT2D eigenvalue weighted by Crippen LogP contribution is 2.09. The summed E-state index contributed by atoms with van der Waals surface area (Å²) in [6.07, 6.45) is 0. The van der Waals surface area contributed by atoms with E-state index in [9.17, 15) is 0 Å². The Hall–Kier alpha value is -2.37. The molecule has 0 bridgehead atoms. The molecule has 0 spiro atoms. The number of hydrogen-bond donors (Lipinski definition) is 2. The van der Waals surface area contributed by atoms with Gasteiger partial charge in [-0.1, -0.05) is 54.6 Å². The van der Waals surface area contributed by atoms with Gasteiger partial charge in [-0.15, -0.1) is 0 Å². The number of nitrogens with one attached hydrogen (secondary N) is 2. The minimum Gasteiger partial charge on any atom is -0.377 e. The maximum atomic E-state index is 5.83. The summed E-state index contributed by atoms with van der Waals surface area (Å²) in [5.41, 5.74) is 3.29. The van der Waals surface area contributed by atoms with Crippen molar-refractivity contribution in [3.63, 3.8) is 0 Å². The molecule has 0 radical (unpaired) electrons. The van der Waals surface area contributed by atoms with Gasteiger partial charge in [-0.25, -0.2) is 0 Å². The highest BCUT2D eigenvalue weighted by molar-refractivity contribution is 5.79. The van der Waals surface area contributed by atoms with Crippen LogP contribution in [0, 0.1) is 0 Å². The van der Waals surface area contributed by atoms with Crippen molar-refractivity contribution in [2.45, 2.75) is 39.2 Å². The maximum absolute atomic E-state index is 5.83. The van der Waals surface area contributed by atoms with Crippen LogP contribution < -0.4 is 10.6 Å². The second kappa shape index (κ2) is 10.7. The maximum Gasteiger partial charge on any atom is 0.191 e. The summed E-state index contributed by atoms with van der Waals surface area (Å²) in [7, 11) is 3.48. The lowest BCUT2D eigenvalue weighted by Gasteiger charge is -2.24. The highest BCUT2D eigenvalue weighted by atomic mass is 16.5. The zero-order valence-corrected chi connectivity index (χ0v) is 16.8. The van der Waals surface area contributed by atoms with Gasteiger partial charge in [0.15, 0.2) is 5.96 Å². The molecule has 0 atom stereocenters. The molecule has 0 aromatic heterocycles. The summed E-state index contributed by atoms with van der Waals surface area (Å²) >= 11 is 0. The second-order valence-electron chi connectivity index (χ2n) is 7.04. The minimum absolute atomic E-state index is 0.242. The predicted molar refractivity (Wildman–Crippen MR) is 111 cm³/mol. The van der Waals surface area contributed by atoms with Crippen LogP contribution in [0.3, 0.4) is 0 Å². The van der Waals surface area contributed by atoms with E-state index in [4.69, 9.17) is 9.47 Å². The molecular formula is C22H31N3O2. The Balaban J connectivity index is 1.80. The molecule has 0 heterocycles. The molecule has 5 nitrogen and oxygen atoms in total. The van der Waals surface area contributed by atoms with E-state index in [1.807, 2.05) is 32.0 Å². The number of hydrogen-bond acceptors (Lipinski definition) is 3. The number of ether oxygens (including phenoxy) is 2. The van der Waals surface area contributed by atoms with E-state index in [1.54, 1.807) is 14.2 Å². The number of methoxy groups -OCH3 is 1. The van der Waals surface area contributed by atoms with Gasteiger partial charge >= 0.3 is 0 Å². The first-order valence-corrected chi connectivity index (χ1v) is 9.21. The Morgan fingerprint density at radius 1 is 0.926 bits per heavy atom. The molecule has 0 aliphatic heterocycles. The fourth-order valence-electron chi connectivity index (χ4n) is 2.47. The van der Waals surface area contributed by atoms with Crippen molar-refractivity contribution < 1.29 is 9.47 Å². The lowest BCUT2D eigenvalue weighted by atomic mass is 10.1. The van der Waals surface area contributed by atoms with Gasteiger partial charge in [0, 0.05) is 27.2 Å². The van der Waals surface area contributed by atoms with Gasteiger partial charge in [0.25, 0.3) is 0 Å².